The van der Waals surface area contributed by atoms with Crippen molar-refractivity contribution < 1.29 is 33.5 Å². The van der Waals surface area contributed by atoms with E-state index in [1.807, 2.05) is 6.92 Å². The summed E-state index contributed by atoms with van der Waals surface area (Å²) in [5.41, 5.74) is 9.56. The number of nitrogens with two attached hydrogens (primary N) is 1. The van der Waals surface area contributed by atoms with Gasteiger partial charge in [-0.2, -0.15) is 9.73 Å². The maximum atomic E-state index is 13.1. The highest BCUT2D eigenvalue weighted by molar-refractivity contribution is 5.98. The number of hydrazone groups is 1. The van der Waals surface area contributed by atoms with Crippen molar-refractivity contribution in [1.82, 2.24) is 26.1 Å². The lowest BCUT2D eigenvalue weighted by molar-refractivity contribution is -0.652. The van der Waals surface area contributed by atoms with Gasteiger partial charge in [0.25, 0.3) is 11.5 Å². The molecule has 1 amide bonds. The lowest BCUT2D eigenvalue weighted by atomic mass is 10.1. The highest BCUT2D eigenvalue weighted by Gasteiger charge is 2.31. The van der Waals surface area contributed by atoms with Crippen LogP contribution < -0.4 is 25.3 Å². The summed E-state index contributed by atoms with van der Waals surface area (Å²) in [6.07, 6.45) is 1.32. The third kappa shape index (κ3) is 5.27. The van der Waals surface area contributed by atoms with E-state index in [1.54, 1.807) is 48.5 Å². The molecule has 0 bridgehead atoms. The number of nitrogens with one attached hydrogen (secondary N) is 2. The van der Waals surface area contributed by atoms with Gasteiger partial charge in [0.1, 0.15) is 16.7 Å². The molecule has 184 valence electrons. The molecular formula is C22H21N8O6+. The molecule has 0 atom stereocenters. The van der Waals surface area contributed by atoms with Crippen LogP contribution in [0.3, 0.4) is 0 Å². The van der Waals surface area contributed by atoms with Gasteiger partial charge in [-0.15, -0.1) is 9.90 Å². The van der Waals surface area contributed by atoms with E-state index in [-0.39, 0.29) is 23.1 Å². The Morgan fingerprint density at radius 1 is 1.22 bits per heavy atom. The van der Waals surface area contributed by atoms with Crippen LogP contribution in [0.5, 0.6) is 11.5 Å². The van der Waals surface area contributed by atoms with E-state index in [0.29, 0.717) is 29.2 Å². The third-order valence-corrected chi connectivity index (χ3v) is 4.69. The summed E-state index contributed by atoms with van der Waals surface area (Å²) in [5, 5.41) is 27.0. The number of H-pyrrole nitrogens is 1. The van der Waals surface area contributed by atoms with E-state index in [9.17, 15) is 9.59 Å². The minimum atomic E-state index is -1.12. The van der Waals surface area contributed by atoms with Crippen LogP contribution >= 0.6 is 0 Å². The molecule has 0 saturated heterocycles. The summed E-state index contributed by atoms with van der Waals surface area (Å²) in [6, 6.07) is 13.7. The quantitative estimate of drug-likeness (QED) is 0.140. The smallest absolute Gasteiger partial charge is 0.377 e. The Bertz CT molecular complexity index is 1410. The van der Waals surface area contributed by atoms with Crippen molar-refractivity contribution in [2.24, 2.45) is 5.10 Å². The Balaban J connectivity index is 1.64. The lowest BCUT2D eigenvalue weighted by Crippen LogP contribution is -2.37. The van der Waals surface area contributed by atoms with Crippen LogP contribution in [0.25, 0.3) is 17.1 Å². The molecule has 0 spiro atoms. The van der Waals surface area contributed by atoms with Gasteiger partial charge in [0, 0.05) is 11.1 Å². The van der Waals surface area contributed by atoms with Crippen molar-refractivity contribution in [2.45, 2.75) is 6.92 Å². The second-order valence-corrected chi connectivity index (χ2v) is 7.10. The number of carboxylic acid groups (broad SMARTS) is 1. The average Bonchev–Trinajstić information content (AvgIpc) is 3.49. The largest absolute Gasteiger partial charge is 0.494 e. The van der Waals surface area contributed by atoms with E-state index in [2.05, 4.69) is 31.2 Å². The Labute approximate surface area is 203 Å². The molecular weight excluding hydrogens is 472 g/mol. The number of aromatic amines is 1. The van der Waals surface area contributed by atoms with Crippen LogP contribution in [-0.2, 0) is 4.79 Å². The van der Waals surface area contributed by atoms with E-state index in [0.717, 1.165) is 0 Å². The summed E-state index contributed by atoms with van der Waals surface area (Å²) >= 11 is 0. The molecule has 4 aromatic rings. The van der Waals surface area contributed by atoms with Gasteiger partial charge in [0.05, 0.1) is 12.8 Å². The fraction of sp³-hybridized carbons (Fsp3) is 0.136. The number of benzene rings is 2. The van der Waals surface area contributed by atoms with Crippen LogP contribution in [0.2, 0.25) is 0 Å². The number of aliphatic carboxylic acids is 1. The van der Waals surface area contributed by atoms with Crippen LogP contribution in [0.15, 0.2) is 58.3 Å². The molecule has 0 fully saturated rings. The van der Waals surface area contributed by atoms with Gasteiger partial charge in [0.15, 0.2) is 12.3 Å². The number of ether oxygens (including phenoxy) is 2. The lowest BCUT2D eigenvalue weighted by Gasteiger charge is -2.06. The van der Waals surface area contributed by atoms with Gasteiger partial charge < -0.3 is 20.3 Å². The molecule has 0 aliphatic carbocycles. The highest BCUT2D eigenvalue weighted by Crippen LogP contribution is 2.25. The molecule has 2 aromatic carbocycles. The van der Waals surface area contributed by atoms with Gasteiger partial charge >= 0.3 is 17.7 Å². The molecule has 0 radical (unpaired) electrons. The molecule has 2 aromatic heterocycles. The van der Waals surface area contributed by atoms with Crippen molar-refractivity contribution in [3.8, 4) is 28.6 Å². The molecule has 14 heteroatoms. The van der Waals surface area contributed by atoms with Crippen LogP contribution in [0, 0.1) is 0 Å². The Hall–Kier alpha value is -5.27. The number of hydrogen-bond donors (Lipinski definition) is 4. The van der Waals surface area contributed by atoms with E-state index in [1.165, 1.54) is 10.9 Å². The van der Waals surface area contributed by atoms with Gasteiger partial charge in [-0.3, -0.25) is 4.79 Å². The maximum Gasteiger partial charge on any atom is 0.377 e. The van der Waals surface area contributed by atoms with E-state index >= 15 is 0 Å². The number of aromatic nitrogens is 5. The van der Waals surface area contributed by atoms with Crippen molar-refractivity contribution in [3.05, 3.63) is 59.8 Å². The van der Waals surface area contributed by atoms with Gasteiger partial charge in [-0.05, 0) is 41.4 Å². The molecule has 2 heterocycles. The third-order valence-electron chi connectivity index (χ3n) is 4.69. The number of amides is 1. The van der Waals surface area contributed by atoms with Gasteiger partial charge in [-0.1, -0.05) is 24.3 Å². The number of carbonyl (C=O) groups excluding carboxylic acids is 1. The number of carboxylic acids is 1. The van der Waals surface area contributed by atoms with Crippen molar-refractivity contribution in [1.29, 1.82) is 0 Å². The molecule has 14 nitrogen and oxygen atoms in total. The number of anilines is 1. The van der Waals surface area contributed by atoms with Crippen molar-refractivity contribution in [2.75, 3.05) is 18.9 Å². The van der Waals surface area contributed by atoms with Crippen LogP contribution in [0.1, 0.15) is 23.0 Å². The minimum absolute atomic E-state index is 0.0196. The molecule has 0 saturated carbocycles. The molecule has 0 aliphatic heterocycles. The fourth-order valence-electron chi connectivity index (χ4n) is 3.20. The first-order valence-electron chi connectivity index (χ1n) is 10.6. The first-order chi connectivity index (χ1) is 17.5. The molecule has 0 aliphatic rings. The minimum Gasteiger partial charge on any atom is -0.494 e. The van der Waals surface area contributed by atoms with Gasteiger partial charge in [0.2, 0.25) is 0 Å². The zero-order valence-electron chi connectivity index (χ0n) is 18.9. The SMILES string of the molecule is CCOc1cccc(-c2c(C(=O)NN=Cc3ccccc3OCC(=O)O)n[nH][n+]2-c2nonc2N)c1. The van der Waals surface area contributed by atoms with E-state index < -0.39 is 18.5 Å². The predicted octanol–water partition coefficient (Wildman–Crippen LogP) is 0.945. The van der Waals surface area contributed by atoms with E-state index in [4.69, 9.17) is 24.9 Å². The number of rotatable bonds is 10. The molecule has 0 unspecified atom stereocenters. The van der Waals surface area contributed by atoms with Crippen molar-refractivity contribution >= 4 is 23.9 Å². The summed E-state index contributed by atoms with van der Waals surface area (Å²) < 4.78 is 16.9. The first kappa shape index (κ1) is 23.9. The first-order valence-corrected chi connectivity index (χ1v) is 10.6. The van der Waals surface area contributed by atoms with Crippen LogP contribution in [-0.4, -0.2) is 57.0 Å². The summed E-state index contributed by atoms with van der Waals surface area (Å²) in [5.74, 6) is -0.822. The normalized spacial score (nSPS) is 10.9. The fourth-order valence-corrected chi connectivity index (χ4v) is 3.20. The zero-order valence-corrected chi connectivity index (χ0v) is 18.9. The second kappa shape index (κ2) is 10.8. The number of carbonyl (C=O) groups is 2. The predicted molar refractivity (Wildman–Crippen MR) is 124 cm³/mol. The number of nitrogens with zero attached hydrogens (tertiary/aromatic N) is 5. The molecule has 4 rings (SSSR count). The number of nitrogen functional groups attached to an aromatic ring is 1. The molecule has 5 N–H and O–H groups in total. The zero-order chi connectivity index (χ0) is 25.5. The summed E-state index contributed by atoms with van der Waals surface area (Å²) in [4.78, 5) is 23.9. The van der Waals surface area contributed by atoms with Crippen molar-refractivity contribution in [3.63, 3.8) is 0 Å². The Morgan fingerprint density at radius 2 is 2.06 bits per heavy atom. The standard InChI is InChI=1S/C22H20N8O6/c1-2-34-15-8-5-7-13(10-15)19-18(25-29-30(19)21-20(23)27-36-28-21)22(33)26-24-11-14-6-3-4-9-16(14)35-12-17(31)32/h3-11H,2,12H2,1H3,(H4,23,26,27,31,32,33)/p+1. The average molecular weight is 493 g/mol. The number of hydrogen-bond acceptors (Lipinski definition) is 10. The summed E-state index contributed by atoms with van der Waals surface area (Å²) in [7, 11) is 0. The van der Waals surface area contributed by atoms with Gasteiger partial charge in [-0.25, -0.2) is 10.2 Å². The topological polar surface area (TPSA) is 195 Å². The Morgan fingerprint density at radius 3 is 2.81 bits per heavy atom. The summed E-state index contributed by atoms with van der Waals surface area (Å²) in [6.45, 7) is 1.79. The highest BCUT2D eigenvalue weighted by atomic mass is 16.6. The monoisotopic (exact) mass is 493 g/mol. The number of para-hydroxylation sites is 1. The Kier molecular flexibility index (Phi) is 7.14. The maximum absolute atomic E-state index is 13.1. The van der Waals surface area contributed by atoms with Crippen LogP contribution in [0.4, 0.5) is 5.82 Å². The second-order valence-electron chi connectivity index (χ2n) is 7.10. The molecule has 36 heavy (non-hydrogen) atoms.